The van der Waals surface area contributed by atoms with Gasteiger partial charge < -0.3 is 9.05 Å². The van der Waals surface area contributed by atoms with Crippen molar-refractivity contribution in [3.8, 4) is 11.5 Å². The van der Waals surface area contributed by atoms with Crippen LogP contribution in [0.2, 0.25) is 0 Å². The summed E-state index contributed by atoms with van der Waals surface area (Å²) in [6, 6.07) is 6.78. The molecule has 0 heterocycles. The molecule has 0 fully saturated rings. The summed E-state index contributed by atoms with van der Waals surface area (Å²) in [4.78, 5) is 0. The van der Waals surface area contributed by atoms with Gasteiger partial charge in [0.1, 0.15) is 0 Å². The first kappa shape index (κ1) is 13.3. The highest BCUT2D eigenvalue weighted by Gasteiger charge is 2.16. The molecule has 1 aromatic carbocycles. The summed E-state index contributed by atoms with van der Waals surface area (Å²) in [5.74, 6) is 0.722. The first-order chi connectivity index (χ1) is 7.17. The van der Waals surface area contributed by atoms with E-state index in [2.05, 4.69) is 0 Å². The van der Waals surface area contributed by atoms with Gasteiger partial charge in [0.25, 0.3) is 0 Å². The third-order valence-electron chi connectivity index (χ3n) is 1.49. The second-order valence-corrected chi connectivity index (χ2v) is 9.51. The van der Waals surface area contributed by atoms with Crippen LogP contribution in [0.4, 0.5) is 0 Å². The topological polar surface area (TPSA) is 52.6 Å². The Bertz CT molecular complexity index is 415. The van der Waals surface area contributed by atoms with Gasteiger partial charge in [-0.1, -0.05) is 12.1 Å². The monoisotopic (exact) mass is 262 g/mol. The molecule has 1 rings (SSSR count). The third kappa shape index (κ3) is 4.87. The van der Waals surface area contributed by atoms with Crippen LogP contribution >= 0.6 is 14.7 Å². The molecule has 0 aliphatic rings. The van der Waals surface area contributed by atoms with Crippen LogP contribution in [0.15, 0.2) is 24.3 Å². The molecular weight excluding hydrogens is 246 g/mol. The predicted molar refractivity (Wildman–Crippen MR) is 66.6 cm³/mol. The lowest BCUT2D eigenvalue weighted by atomic mass is 10.3. The second-order valence-electron chi connectivity index (χ2n) is 4.13. The summed E-state index contributed by atoms with van der Waals surface area (Å²) >= 11 is 0. The lowest BCUT2D eigenvalue weighted by Crippen LogP contribution is -1.94. The van der Waals surface area contributed by atoms with Crippen molar-refractivity contribution in [2.24, 2.45) is 0 Å². The van der Waals surface area contributed by atoms with Crippen LogP contribution < -0.4 is 9.05 Å². The largest absolute Gasteiger partial charge is 0.439 e. The average Bonchev–Trinajstić information content (AvgIpc) is 2.03. The molecule has 1 aromatic rings. The number of benzene rings is 1. The molecular formula is C10H16O4P2. The van der Waals surface area contributed by atoms with Crippen molar-refractivity contribution < 1.29 is 18.2 Å². The second kappa shape index (κ2) is 4.65. The maximum Gasteiger partial charge on any atom is 0.242 e. The minimum Gasteiger partial charge on any atom is -0.439 e. The van der Waals surface area contributed by atoms with Gasteiger partial charge in [0.15, 0.2) is 11.5 Å². The fourth-order valence-electron chi connectivity index (χ4n) is 1.07. The van der Waals surface area contributed by atoms with Gasteiger partial charge in [0.2, 0.25) is 14.7 Å². The Balaban J connectivity index is 3.01. The van der Waals surface area contributed by atoms with E-state index in [0.29, 0.717) is 11.5 Å². The fraction of sp³-hybridized carbons (Fsp3) is 0.400. The Morgan fingerprint density at radius 1 is 0.812 bits per heavy atom. The molecule has 4 nitrogen and oxygen atoms in total. The van der Waals surface area contributed by atoms with Gasteiger partial charge in [0, 0.05) is 26.7 Å². The summed E-state index contributed by atoms with van der Waals surface area (Å²) in [6.07, 6.45) is 0. The Morgan fingerprint density at radius 3 is 1.38 bits per heavy atom. The quantitative estimate of drug-likeness (QED) is 0.779. The van der Waals surface area contributed by atoms with Crippen LogP contribution in [0.3, 0.4) is 0 Å². The summed E-state index contributed by atoms with van der Waals surface area (Å²) in [5, 5.41) is 0. The number of hydrogen-bond donors (Lipinski definition) is 0. The van der Waals surface area contributed by atoms with E-state index >= 15 is 0 Å². The molecule has 0 N–H and O–H groups in total. The summed E-state index contributed by atoms with van der Waals surface area (Å²) in [7, 11) is -5.30. The van der Waals surface area contributed by atoms with Crippen LogP contribution in [0.25, 0.3) is 0 Å². The highest BCUT2D eigenvalue weighted by atomic mass is 31.2. The zero-order valence-corrected chi connectivity index (χ0v) is 11.6. The molecule has 0 amide bonds. The number of hydrogen-bond acceptors (Lipinski definition) is 4. The number of rotatable bonds is 4. The Labute approximate surface area is 95.9 Å². The van der Waals surface area contributed by atoms with E-state index in [1.54, 1.807) is 24.3 Å². The maximum absolute atomic E-state index is 11.6. The van der Waals surface area contributed by atoms with Crippen molar-refractivity contribution in [1.82, 2.24) is 0 Å². The molecule has 0 unspecified atom stereocenters. The lowest BCUT2D eigenvalue weighted by Gasteiger charge is -2.16. The Morgan fingerprint density at radius 2 is 1.12 bits per heavy atom. The molecule has 0 atom stereocenters. The normalized spacial score (nSPS) is 12.2. The Hall–Kier alpha value is -0.720. The number of para-hydroxylation sites is 2. The average molecular weight is 262 g/mol. The molecule has 0 saturated heterocycles. The van der Waals surface area contributed by atoms with Crippen molar-refractivity contribution in [3.05, 3.63) is 24.3 Å². The summed E-state index contributed by atoms with van der Waals surface area (Å²) in [5.41, 5.74) is 0. The standard InChI is InChI=1S/C10H16O4P2/c1-15(2,11)13-9-7-5-6-8-10(9)14-16(3,4)12/h5-8H,1-4H3. The summed E-state index contributed by atoms with van der Waals surface area (Å²) < 4.78 is 33.7. The fourth-order valence-corrected chi connectivity index (χ4v) is 2.32. The molecule has 0 aromatic heterocycles. The molecule has 16 heavy (non-hydrogen) atoms. The SMILES string of the molecule is CP(C)(=O)Oc1ccccc1OP(C)(C)=O. The third-order valence-corrected chi connectivity index (χ3v) is 2.76. The van der Waals surface area contributed by atoms with Gasteiger partial charge in [-0.3, -0.25) is 9.13 Å². The van der Waals surface area contributed by atoms with Crippen molar-refractivity contribution in [2.45, 2.75) is 0 Å². The molecule has 0 radical (unpaired) electrons. The molecule has 0 aliphatic carbocycles. The van der Waals surface area contributed by atoms with E-state index < -0.39 is 14.7 Å². The highest BCUT2D eigenvalue weighted by Crippen LogP contribution is 2.47. The lowest BCUT2D eigenvalue weighted by molar-refractivity contribution is 0.458. The highest BCUT2D eigenvalue weighted by molar-refractivity contribution is 7.58. The van der Waals surface area contributed by atoms with E-state index in [4.69, 9.17) is 9.05 Å². The van der Waals surface area contributed by atoms with E-state index in [1.165, 1.54) is 26.7 Å². The van der Waals surface area contributed by atoms with Crippen LogP contribution in [0.5, 0.6) is 11.5 Å². The molecule has 0 bridgehead atoms. The van der Waals surface area contributed by atoms with Gasteiger partial charge in [0.05, 0.1) is 0 Å². The van der Waals surface area contributed by atoms with Gasteiger partial charge in [-0.25, -0.2) is 0 Å². The van der Waals surface area contributed by atoms with Crippen LogP contribution in [-0.4, -0.2) is 26.7 Å². The zero-order chi connectivity index (χ0) is 12.4. The molecule has 0 saturated carbocycles. The molecule has 6 heteroatoms. The zero-order valence-electron chi connectivity index (χ0n) is 9.84. The van der Waals surface area contributed by atoms with Crippen molar-refractivity contribution >= 4 is 14.7 Å². The van der Waals surface area contributed by atoms with Gasteiger partial charge in [-0.2, -0.15) is 0 Å². The minimum atomic E-state index is -2.65. The van der Waals surface area contributed by atoms with Gasteiger partial charge in [-0.15, -0.1) is 0 Å². The maximum atomic E-state index is 11.6. The van der Waals surface area contributed by atoms with E-state index in [0.717, 1.165) is 0 Å². The van der Waals surface area contributed by atoms with Crippen molar-refractivity contribution in [2.75, 3.05) is 26.7 Å². The molecule has 90 valence electrons. The van der Waals surface area contributed by atoms with Crippen molar-refractivity contribution in [3.63, 3.8) is 0 Å². The van der Waals surface area contributed by atoms with Crippen LogP contribution in [0.1, 0.15) is 0 Å². The summed E-state index contributed by atoms with van der Waals surface area (Å²) in [6.45, 7) is 6.06. The van der Waals surface area contributed by atoms with E-state index in [-0.39, 0.29) is 0 Å². The molecule has 0 aliphatic heterocycles. The van der Waals surface area contributed by atoms with Gasteiger partial charge in [-0.05, 0) is 12.1 Å². The first-order valence-corrected chi connectivity index (χ1v) is 9.79. The van der Waals surface area contributed by atoms with E-state index in [1.807, 2.05) is 0 Å². The van der Waals surface area contributed by atoms with Gasteiger partial charge >= 0.3 is 0 Å². The van der Waals surface area contributed by atoms with E-state index in [9.17, 15) is 9.13 Å². The smallest absolute Gasteiger partial charge is 0.242 e. The minimum absolute atomic E-state index is 0.361. The molecule has 0 spiro atoms. The first-order valence-electron chi connectivity index (χ1n) is 4.75. The van der Waals surface area contributed by atoms with Crippen molar-refractivity contribution in [1.29, 1.82) is 0 Å². The van der Waals surface area contributed by atoms with Crippen LogP contribution in [0, 0.1) is 0 Å². The predicted octanol–water partition coefficient (Wildman–Crippen LogP) is 3.52. The van der Waals surface area contributed by atoms with Crippen LogP contribution in [-0.2, 0) is 9.13 Å². The Kier molecular flexibility index (Phi) is 3.88.